The first kappa shape index (κ1) is 17.1. The van der Waals surface area contributed by atoms with Crippen LogP contribution in [0.4, 0.5) is 11.4 Å². The number of fused-ring (bicyclic) bond motifs is 1. The van der Waals surface area contributed by atoms with Gasteiger partial charge in [-0.2, -0.15) is 0 Å². The van der Waals surface area contributed by atoms with Crippen LogP contribution in [-0.2, 0) is 13.0 Å². The monoisotopic (exact) mass is 342 g/mol. The van der Waals surface area contributed by atoms with Crippen LogP contribution >= 0.6 is 0 Å². The minimum Gasteiger partial charge on any atom is -0.494 e. The Kier molecular flexibility index (Phi) is 5.07. The van der Waals surface area contributed by atoms with Gasteiger partial charge in [0.1, 0.15) is 5.75 Å². The summed E-state index contributed by atoms with van der Waals surface area (Å²) in [5.41, 5.74) is 3.48. The lowest BCUT2D eigenvalue weighted by atomic mass is 9.99. The molecular formula is C19H22N2O4. The topological polar surface area (TPSA) is 64.8 Å². The van der Waals surface area contributed by atoms with Gasteiger partial charge in [-0.25, -0.2) is 0 Å². The number of hydrogen-bond acceptors (Lipinski definition) is 5. The van der Waals surface area contributed by atoms with E-state index in [9.17, 15) is 10.1 Å². The molecule has 1 heterocycles. The van der Waals surface area contributed by atoms with Crippen LogP contribution in [0.3, 0.4) is 0 Å². The number of nitrogens with zero attached hydrogens (tertiary/aromatic N) is 2. The first-order chi connectivity index (χ1) is 12.1. The number of ether oxygens (including phenoxy) is 2. The molecule has 0 aromatic heterocycles. The highest BCUT2D eigenvalue weighted by molar-refractivity contribution is 5.60. The largest absolute Gasteiger partial charge is 0.494 e. The van der Waals surface area contributed by atoms with Crippen LogP contribution in [0.15, 0.2) is 36.4 Å². The lowest BCUT2D eigenvalue weighted by Gasteiger charge is -2.31. The lowest BCUT2D eigenvalue weighted by molar-refractivity contribution is -0.385. The van der Waals surface area contributed by atoms with Gasteiger partial charge < -0.3 is 14.4 Å². The van der Waals surface area contributed by atoms with Crippen molar-refractivity contribution in [2.75, 3.05) is 25.2 Å². The number of benzene rings is 2. The molecule has 3 rings (SSSR count). The van der Waals surface area contributed by atoms with Gasteiger partial charge in [0.15, 0.2) is 5.75 Å². The molecule has 6 nitrogen and oxygen atoms in total. The molecule has 0 amide bonds. The van der Waals surface area contributed by atoms with E-state index in [4.69, 9.17) is 9.47 Å². The van der Waals surface area contributed by atoms with E-state index in [2.05, 4.69) is 24.0 Å². The molecule has 0 radical (unpaired) electrons. The highest BCUT2D eigenvalue weighted by Gasteiger charge is 2.21. The van der Waals surface area contributed by atoms with Crippen molar-refractivity contribution < 1.29 is 14.4 Å². The van der Waals surface area contributed by atoms with Crippen LogP contribution in [0.25, 0.3) is 0 Å². The maximum absolute atomic E-state index is 11.0. The minimum absolute atomic E-state index is 0.0126. The van der Waals surface area contributed by atoms with E-state index >= 15 is 0 Å². The van der Waals surface area contributed by atoms with E-state index in [1.165, 1.54) is 24.3 Å². The molecule has 0 unspecified atom stereocenters. The van der Waals surface area contributed by atoms with Gasteiger partial charge in [0.05, 0.1) is 18.6 Å². The molecular weight excluding hydrogens is 320 g/mol. The number of rotatable bonds is 6. The van der Waals surface area contributed by atoms with Crippen molar-refractivity contribution in [3.63, 3.8) is 0 Å². The maximum Gasteiger partial charge on any atom is 0.311 e. The molecule has 0 atom stereocenters. The Balaban J connectivity index is 1.79. The zero-order valence-electron chi connectivity index (χ0n) is 14.5. The van der Waals surface area contributed by atoms with Crippen molar-refractivity contribution in [3.05, 3.63) is 57.6 Å². The van der Waals surface area contributed by atoms with Crippen LogP contribution in [-0.4, -0.2) is 25.2 Å². The second-order valence-electron chi connectivity index (χ2n) is 6.06. The number of methoxy groups -OCH3 is 1. The average molecular weight is 342 g/mol. The zero-order valence-corrected chi connectivity index (χ0v) is 14.5. The summed E-state index contributed by atoms with van der Waals surface area (Å²) in [5, 5.41) is 11.0. The molecule has 0 saturated carbocycles. The van der Waals surface area contributed by atoms with Crippen molar-refractivity contribution in [1.82, 2.24) is 0 Å². The molecule has 0 saturated heterocycles. The van der Waals surface area contributed by atoms with Crippen LogP contribution in [0.5, 0.6) is 11.5 Å². The van der Waals surface area contributed by atoms with Gasteiger partial charge in [-0.15, -0.1) is 0 Å². The Bertz CT molecular complexity index is 776. The summed E-state index contributed by atoms with van der Waals surface area (Å²) in [7, 11) is 1.45. The van der Waals surface area contributed by atoms with Gasteiger partial charge in [0.2, 0.25) is 0 Å². The normalized spacial score (nSPS) is 13.3. The Morgan fingerprint density at radius 1 is 1.20 bits per heavy atom. The minimum atomic E-state index is -0.425. The average Bonchev–Trinajstić information content (AvgIpc) is 2.65. The summed E-state index contributed by atoms with van der Waals surface area (Å²) >= 11 is 0. The predicted molar refractivity (Wildman–Crippen MR) is 96.6 cm³/mol. The Labute approximate surface area is 147 Å². The number of nitro benzene ring substituents is 1. The van der Waals surface area contributed by atoms with E-state index in [0.717, 1.165) is 44.0 Å². The van der Waals surface area contributed by atoms with Gasteiger partial charge in [-0.1, -0.05) is 13.0 Å². The first-order valence-corrected chi connectivity index (χ1v) is 8.44. The second-order valence-corrected chi connectivity index (χ2v) is 6.06. The zero-order chi connectivity index (χ0) is 17.8. The molecule has 0 fully saturated rings. The molecule has 132 valence electrons. The van der Waals surface area contributed by atoms with Crippen LogP contribution in [0.1, 0.15) is 24.5 Å². The molecule has 0 spiro atoms. The summed E-state index contributed by atoms with van der Waals surface area (Å²) in [5.74, 6) is 1.21. The molecule has 1 aliphatic rings. The van der Waals surface area contributed by atoms with E-state index in [0.29, 0.717) is 0 Å². The molecule has 0 aliphatic carbocycles. The van der Waals surface area contributed by atoms with Crippen molar-refractivity contribution in [3.8, 4) is 11.5 Å². The van der Waals surface area contributed by atoms with Crippen molar-refractivity contribution in [1.29, 1.82) is 0 Å². The summed E-state index contributed by atoms with van der Waals surface area (Å²) in [4.78, 5) is 12.8. The van der Waals surface area contributed by atoms with Crippen LogP contribution in [0, 0.1) is 10.1 Å². The fourth-order valence-electron chi connectivity index (χ4n) is 3.07. The van der Waals surface area contributed by atoms with Crippen molar-refractivity contribution in [2.45, 2.75) is 26.3 Å². The van der Waals surface area contributed by atoms with Gasteiger partial charge in [0, 0.05) is 30.9 Å². The van der Waals surface area contributed by atoms with E-state index in [1.54, 1.807) is 12.1 Å². The molecule has 0 bridgehead atoms. The lowest BCUT2D eigenvalue weighted by Crippen LogP contribution is -2.30. The Morgan fingerprint density at radius 3 is 2.76 bits per heavy atom. The third kappa shape index (κ3) is 3.68. The SMILES string of the molecule is CCCOc1ccc2c(c1)CCN(c1ccc([N+](=O)[O-])c(OC)c1)C2. The molecule has 2 aromatic carbocycles. The summed E-state index contributed by atoms with van der Waals surface area (Å²) in [6, 6.07) is 11.3. The van der Waals surface area contributed by atoms with Crippen molar-refractivity contribution >= 4 is 11.4 Å². The van der Waals surface area contributed by atoms with E-state index < -0.39 is 4.92 Å². The number of anilines is 1. The second kappa shape index (κ2) is 7.42. The summed E-state index contributed by atoms with van der Waals surface area (Å²) in [6.07, 6.45) is 1.91. The van der Waals surface area contributed by atoms with Gasteiger partial charge >= 0.3 is 5.69 Å². The third-order valence-electron chi connectivity index (χ3n) is 4.39. The third-order valence-corrected chi connectivity index (χ3v) is 4.39. The van der Waals surface area contributed by atoms with Gasteiger partial charge in [-0.3, -0.25) is 10.1 Å². The van der Waals surface area contributed by atoms with Gasteiger partial charge in [-0.05, 0) is 42.2 Å². The molecule has 25 heavy (non-hydrogen) atoms. The fraction of sp³-hybridized carbons (Fsp3) is 0.368. The van der Waals surface area contributed by atoms with E-state index in [-0.39, 0.29) is 11.4 Å². The Hall–Kier alpha value is -2.76. The number of nitro groups is 1. The van der Waals surface area contributed by atoms with Crippen LogP contribution in [0.2, 0.25) is 0 Å². The molecule has 6 heteroatoms. The summed E-state index contributed by atoms with van der Waals surface area (Å²) < 4.78 is 10.9. The van der Waals surface area contributed by atoms with Gasteiger partial charge in [0.25, 0.3) is 0 Å². The molecule has 1 aliphatic heterocycles. The summed E-state index contributed by atoms with van der Waals surface area (Å²) in [6.45, 7) is 4.44. The molecule has 0 N–H and O–H groups in total. The van der Waals surface area contributed by atoms with Crippen molar-refractivity contribution in [2.24, 2.45) is 0 Å². The van der Waals surface area contributed by atoms with Crippen LogP contribution < -0.4 is 14.4 Å². The molecule has 2 aromatic rings. The number of hydrogen-bond donors (Lipinski definition) is 0. The fourth-order valence-corrected chi connectivity index (χ4v) is 3.07. The first-order valence-electron chi connectivity index (χ1n) is 8.44. The smallest absolute Gasteiger partial charge is 0.311 e. The highest BCUT2D eigenvalue weighted by atomic mass is 16.6. The Morgan fingerprint density at radius 2 is 2.04 bits per heavy atom. The quantitative estimate of drug-likeness (QED) is 0.587. The van der Waals surface area contributed by atoms with E-state index in [1.807, 2.05) is 6.07 Å². The highest BCUT2D eigenvalue weighted by Crippen LogP contribution is 2.34. The maximum atomic E-state index is 11.0. The predicted octanol–water partition coefficient (Wildman–Crippen LogP) is 3.95. The standard InChI is InChI=1S/C19H22N2O4/c1-3-10-25-17-6-4-15-13-20(9-8-14(15)11-17)16-5-7-18(21(22)23)19(12-16)24-2/h4-7,11-12H,3,8-10,13H2,1-2H3.